The van der Waals surface area contributed by atoms with Gasteiger partial charge in [0.25, 0.3) is 0 Å². The van der Waals surface area contributed by atoms with Crippen LogP contribution >= 0.6 is 0 Å². The molecule has 10 atom stereocenters. The smallest absolute Gasteiger partial charge is 0.0207 e. The van der Waals surface area contributed by atoms with Gasteiger partial charge in [-0.1, -0.05) is 82.1 Å². The summed E-state index contributed by atoms with van der Waals surface area (Å²) in [6, 6.07) is 0. The summed E-state index contributed by atoms with van der Waals surface area (Å²) < 4.78 is 0. The van der Waals surface area contributed by atoms with E-state index in [4.69, 9.17) is 0 Å². The Morgan fingerprint density at radius 2 is 1.40 bits per heavy atom. The Morgan fingerprint density at radius 1 is 0.767 bits per heavy atom. The maximum Gasteiger partial charge on any atom is -0.0207 e. The third-order valence-corrected chi connectivity index (χ3v) is 11.4. The molecule has 3 fully saturated rings. The maximum absolute atomic E-state index is 2.78. The molecular weight excluding hydrogens is 360 g/mol. The van der Waals surface area contributed by atoms with Gasteiger partial charge >= 0.3 is 0 Å². The molecule has 3 rings (SSSR count). The highest BCUT2D eigenvalue weighted by Gasteiger charge is 2.71. The molecular formula is C30H56. The molecule has 0 amide bonds. The highest BCUT2D eigenvalue weighted by molar-refractivity contribution is 5.19. The van der Waals surface area contributed by atoms with Crippen LogP contribution in [0.2, 0.25) is 0 Å². The lowest BCUT2D eigenvalue weighted by molar-refractivity contribution is -0.226. The normalized spacial score (nSPS) is 47.8. The first-order chi connectivity index (χ1) is 13.9. The van der Waals surface area contributed by atoms with Crippen LogP contribution in [0.3, 0.4) is 0 Å². The lowest BCUT2D eigenvalue weighted by atomic mass is 9.34. The number of fused-ring (bicyclic) bond motifs is 1. The van der Waals surface area contributed by atoms with E-state index >= 15 is 0 Å². The molecule has 0 bridgehead atoms. The predicted octanol–water partition coefficient (Wildman–Crippen LogP) is 9.48. The molecule has 0 radical (unpaired) electrons. The summed E-state index contributed by atoms with van der Waals surface area (Å²) >= 11 is 0. The first-order valence-corrected chi connectivity index (χ1v) is 13.9. The van der Waals surface area contributed by atoms with Crippen LogP contribution in [0.5, 0.6) is 0 Å². The van der Waals surface area contributed by atoms with Crippen molar-refractivity contribution in [2.75, 3.05) is 0 Å². The van der Waals surface area contributed by atoms with Crippen molar-refractivity contribution in [3.05, 3.63) is 0 Å². The van der Waals surface area contributed by atoms with Crippen molar-refractivity contribution < 1.29 is 0 Å². The monoisotopic (exact) mass is 416 g/mol. The van der Waals surface area contributed by atoms with Crippen LogP contribution in [-0.4, -0.2) is 0 Å². The van der Waals surface area contributed by atoms with Gasteiger partial charge in [0.15, 0.2) is 0 Å². The second-order valence-corrected chi connectivity index (χ2v) is 13.9. The minimum atomic E-state index is 0.557. The standard InChI is InChI=1S/C30H56/c1-19(2)17-21(5)15-16-29(9)28(20(3)4)27-14-13-26(30(27,29)10)25-12-11-22(6)23(7)18-24(25)8/h19-28H,11-18H2,1-10H3. The Kier molecular flexibility index (Phi) is 7.47. The summed E-state index contributed by atoms with van der Waals surface area (Å²) in [5.74, 6) is 9.26. The van der Waals surface area contributed by atoms with Gasteiger partial charge in [-0.25, -0.2) is 0 Å². The van der Waals surface area contributed by atoms with Crippen LogP contribution in [0.4, 0.5) is 0 Å². The Bertz CT molecular complexity index is 560. The molecule has 3 aliphatic carbocycles. The Morgan fingerprint density at radius 3 is 2.00 bits per heavy atom. The molecule has 3 saturated carbocycles. The fraction of sp³-hybridized carbons (Fsp3) is 1.00. The zero-order valence-corrected chi connectivity index (χ0v) is 22.4. The fourth-order valence-electron chi connectivity index (χ4n) is 9.72. The quantitative estimate of drug-likeness (QED) is 0.362. The molecule has 0 heterocycles. The Hall–Kier alpha value is 0. The van der Waals surface area contributed by atoms with Gasteiger partial charge in [0.1, 0.15) is 0 Å². The van der Waals surface area contributed by atoms with Crippen LogP contribution in [0.25, 0.3) is 0 Å². The van der Waals surface area contributed by atoms with Crippen molar-refractivity contribution >= 4 is 0 Å². The minimum Gasteiger partial charge on any atom is -0.0628 e. The molecule has 0 spiro atoms. The predicted molar refractivity (Wildman–Crippen MR) is 133 cm³/mol. The summed E-state index contributed by atoms with van der Waals surface area (Å²) in [4.78, 5) is 0. The van der Waals surface area contributed by atoms with Gasteiger partial charge in [-0.3, -0.25) is 0 Å². The van der Waals surface area contributed by atoms with E-state index in [2.05, 4.69) is 69.2 Å². The number of rotatable bonds is 7. The van der Waals surface area contributed by atoms with Crippen molar-refractivity contribution in [3.63, 3.8) is 0 Å². The third-order valence-electron chi connectivity index (χ3n) is 11.4. The second kappa shape index (κ2) is 9.09. The fourth-order valence-corrected chi connectivity index (χ4v) is 9.72. The van der Waals surface area contributed by atoms with E-state index in [9.17, 15) is 0 Å². The lowest BCUT2D eigenvalue weighted by Gasteiger charge is -2.70. The van der Waals surface area contributed by atoms with E-state index in [1.54, 1.807) is 0 Å². The van der Waals surface area contributed by atoms with Crippen molar-refractivity contribution in [2.24, 2.45) is 70.0 Å². The first-order valence-electron chi connectivity index (χ1n) is 13.9. The molecule has 0 aromatic heterocycles. The van der Waals surface area contributed by atoms with Crippen LogP contribution in [0.15, 0.2) is 0 Å². The maximum atomic E-state index is 2.78. The average molecular weight is 417 g/mol. The van der Waals surface area contributed by atoms with Crippen molar-refractivity contribution in [1.29, 1.82) is 0 Å². The van der Waals surface area contributed by atoms with Crippen LogP contribution in [0, 0.1) is 70.0 Å². The van der Waals surface area contributed by atoms with E-state index < -0.39 is 0 Å². The average Bonchev–Trinajstić information content (AvgIpc) is 2.86. The second-order valence-electron chi connectivity index (χ2n) is 13.9. The molecule has 0 aromatic carbocycles. The zero-order chi connectivity index (χ0) is 22.4. The summed E-state index contributed by atoms with van der Waals surface area (Å²) in [5, 5.41) is 0. The highest BCUT2D eigenvalue weighted by Crippen LogP contribution is 2.78. The van der Waals surface area contributed by atoms with Gasteiger partial charge in [-0.2, -0.15) is 0 Å². The molecule has 0 nitrogen and oxygen atoms in total. The topological polar surface area (TPSA) is 0 Å². The largest absolute Gasteiger partial charge is 0.0628 e. The minimum absolute atomic E-state index is 0.557. The third kappa shape index (κ3) is 4.05. The summed E-state index contributed by atoms with van der Waals surface area (Å²) in [7, 11) is 0. The van der Waals surface area contributed by atoms with Gasteiger partial charge in [0.2, 0.25) is 0 Å². The molecule has 0 saturated heterocycles. The SMILES string of the molecule is CC(C)CC(C)CCC1(C)C(C(C)C)C2CCC(C3CCC(C)C(C)CC3C)C21C. The molecule has 176 valence electrons. The summed E-state index contributed by atoms with van der Waals surface area (Å²) in [6.07, 6.45) is 11.8. The zero-order valence-electron chi connectivity index (χ0n) is 22.4. The number of hydrogen-bond acceptors (Lipinski definition) is 0. The van der Waals surface area contributed by atoms with Gasteiger partial charge in [0.05, 0.1) is 0 Å². The van der Waals surface area contributed by atoms with Gasteiger partial charge in [0, 0.05) is 0 Å². The van der Waals surface area contributed by atoms with E-state index in [-0.39, 0.29) is 0 Å². The molecule has 30 heavy (non-hydrogen) atoms. The van der Waals surface area contributed by atoms with E-state index in [1.807, 2.05) is 0 Å². The van der Waals surface area contributed by atoms with Crippen LogP contribution < -0.4 is 0 Å². The highest BCUT2D eigenvalue weighted by atomic mass is 14.8. The van der Waals surface area contributed by atoms with Gasteiger partial charge < -0.3 is 0 Å². The van der Waals surface area contributed by atoms with Crippen molar-refractivity contribution in [2.45, 2.75) is 121 Å². The van der Waals surface area contributed by atoms with Crippen LogP contribution in [-0.2, 0) is 0 Å². The lowest BCUT2D eigenvalue weighted by Crippen LogP contribution is -2.65. The van der Waals surface area contributed by atoms with Gasteiger partial charge in [-0.05, 0) is 109 Å². The van der Waals surface area contributed by atoms with Crippen molar-refractivity contribution in [1.82, 2.24) is 0 Å². The Balaban J connectivity index is 1.83. The van der Waals surface area contributed by atoms with E-state index in [0.717, 1.165) is 59.2 Å². The molecule has 3 aliphatic rings. The van der Waals surface area contributed by atoms with Crippen LogP contribution in [0.1, 0.15) is 121 Å². The summed E-state index contributed by atoms with van der Waals surface area (Å²) in [5.41, 5.74) is 1.15. The first kappa shape index (κ1) is 24.6. The number of hydrogen-bond donors (Lipinski definition) is 0. The molecule has 0 heteroatoms. The molecule has 0 N–H and O–H groups in total. The molecule has 0 aromatic rings. The molecule has 0 aliphatic heterocycles. The summed E-state index contributed by atoms with van der Waals surface area (Å²) in [6.45, 7) is 25.6. The van der Waals surface area contributed by atoms with Crippen molar-refractivity contribution in [3.8, 4) is 0 Å². The molecule has 10 unspecified atom stereocenters. The van der Waals surface area contributed by atoms with Gasteiger partial charge in [-0.15, -0.1) is 0 Å². The Labute approximate surface area is 190 Å². The van der Waals surface area contributed by atoms with E-state index in [0.29, 0.717) is 10.8 Å². The van der Waals surface area contributed by atoms with E-state index in [1.165, 1.54) is 51.4 Å².